The van der Waals surface area contributed by atoms with Crippen molar-refractivity contribution in [1.82, 2.24) is 15.5 Å². The number of likely N-dealkylation sites (tertiary alicyclic amines) is 1. The second kappa shape index (κ2) is 8.80. The van der Waals surface area contributed by atoms with Crippen LogP contribution in [0.5, 0.6) is 0 Å². The number of carbonyl (C=O) groups is 2. The molecule has 132 valence electrons. The number of rotatable bonds is 6. The lowest BCUT2D eigenvalue weighted by molar-refractivity contribution is -0.126. The van der Waals surface area contributed by atoms with Crippen LogP contribution < -0.4 is 16.4 Å². The first-order valence-electron chi connectivity index (χ1n) is 8.52. The number of nitrogens with two attached hydrogens (primary N) is 1. The normalized spacial score (nSPS) is 24.4. The van der Waals surface area contributed by atoms with Gasteiger partial charge < -0.3 is 16.4 Å². The number of hydrogen-bond acceptors (Lipinski definition) is 4. The van der Waals surface area contributed by atoms with E-state index >= 15 is 0 Å². The molecule has 0 saturated carbocycles. The molecule has 2 rings (SSSR count). The standard InChI is InChI=1S/C18H28N4O2/c1-13-10-22(12-15-6-4-3-5-7-15)11-14(2)18(13)21-17(24)9-20-16(23)8-19/h3-7,13-14,18H,8-12,19H2,1-2H3,(H,20,23)(H,21,24). The van der Waals surface area contributed by atoms with E-state index in [0.717, 1.165) is 19.6 Å². The molecular formula is C18H28N4O2. The summed E-state index contributed by atoms with van der Waals surface area (Å²) in [7, 11) is 0. The highest BCUT2D eigenvalue weighted by Crippen LogP contribution is 2.23. The van der Waals surface area contributed by atoms with Crippen molar-refractivity contribution in [3.8, 4) is 0 Å². The number of hydrogen-bond donors (Lipinski definition) is 3. The minimum absolute atomic E-state index is 0.0142. The van der Waals surface area contributed by atoms with Crippen molar-refractivity contribution in [3.63, 3.8) is 0 Å². The molecule has 2 unspecified atom stereocenters. The van der Waals surface area contributed by atoms with Crippen molar-refractivity contribution < 1.29 is 9.59 Å². The van der Waals surface area contributed by atoms with Crippen LogP contribution in [0.1, 0.15) is 19.4 Å². The molecule has 6 nitrogen and oxygen atoms in total. The van der Waals surface area contributed by atoms with Gasteiger partial charge in [-0.25, -0.2) is 0 Å². The summed E-state index contributed by atoms with van der Waals surface area (Å²) in [6.45, 7) is 7.03. The van der Waals surface area contributed by atoms with Crippen molar-refractivity contribution in [2.75, 3.05) is 26.2 Å². The first-order valence-corrected chi connectivity index (χ1v) is 8.52. The summed E-state index contributed by atoms with van der Waals surface area (Å²) in [5.74, 6) is 0.235. The Balaban J connectivity index is 1.84. The second-order valence-corrected chi connectivity index (χ2v) is 6.71. The van der Waals surface area contributed by atoms with Gasteiger partial charge in [0.25, 0.3) is 0 Å². The van der Waals surface area contributed by atoms with Crippen LogP contribution in [0.2, 0.25) is 0 Å². The van der Waals surface area contributed by atoms with Crippen LogP contribution in [0.3, 0.4) is 0 Å². The molecule has 6 heteroatoms. The van der Waals surface area contributed by atoms with Crippen molar-refractivity contribution in [2.24, 2.45) is 17.6 Å². The van der Waals surface area contributed by atoms with Crippen molar-refractivity contribution in [2.45, 2.75) is 26.4 Å². The van der Waals surface area contributed by atoms with E-state index in [1.165, 1.54) is 5.56 Å². The molecule has 0 radical (unpaired) electrons. The molecule has 1 saturated heterocycles. The third kappa shape index (κ3) is 5.32. The summed E-state index contributed by atoms with van der Waals surface area (Å²) < 4.78 is 0. The molecular weight excluding hydrogens is 304 g/mol. The maximum Gasteiger partial charge on any atom is 0.239 e. The third-order valence-corrected chi connectivity index (χ3v) is 4.53. The zero-order chi connectivity index (χ0) is 17.5. The SMILES string of the molecule is CC1CN(Cc2ccccc2)CC(C)C1NC(=O)CNC(=O)CN. The van der Waals surface area contributed by atoms with Crippen LogP contribution in [0, 0.1) is 11.8 Å². The van der Waals surface area contributed by atoms with E-state index in [-0.39, 0.29) is 30.9 Å². The Bertz CT molecular complexity index is 537. The Kier molecular flexibility index (Phi) is 6.75. The monoisotopic (exact) mass is 332 g/mol. The maximum absolute atomic E-state index is 12.0. The predicted molar refractivity (Wildman–Crippen MR) is 94.0 cm³/mol. The van der Waals surface area contributed by atoms with Crippen molar-refractivity contribution >= 4 is 11.8 Å². The van der Waals surface area contributed by atoms with Gasteiger partial charge in [0.1, 0.15) is 0 Å². The highest BCUT2D eigenvalue weighted by atomic mass is 16.2. The lowest BCUT2D eigenvalue weighted by Crippen LogP contribution is -2.56. The molecule has 1 aromatic rings. The van der Waals surface area contributed by atoms with Crippen LogP contribution >= 0.6 is 0 Å². The largest absolute Gasteiger partial charge is 0.351 e. The van der Waals surface area contributed by atoms with Gasteiger partial charge in [-0.3, -0.25) is 14.5 Å². The first-order chi connectivity index (χ1) is 11.5. The quantitative estimate of drug-likeness (QED) is 0.701. The molecule has 0 spiro atoms. The van der Waals surface area contributed by atoms with Gasteiger partial charge in [-0.15, -0.1) is 0 Å². The van der Waals surface area contributed by atoms with E-state index in [9.17, 15) is 9.59 Å². The minimum atomic E-state index is -0.316. The lowest BCUT2D eigenvalue weighted by atomic mass is 9.85. The zero-order valence-corrected chi connectivity index (χ0v) is 14.5. The fourth-order valence-electron chi connectivity index (χ4n) is 3.42. The maximum atomic E-state index is 12.0. The molecule has 2 atom stereocenters. The molecule has 0 aliphatic carbocycles. The third-order valence-electron chi connectivity index (χ3n) is 4.53. The van der Waals surface area contributed by atoms with Crippen LogP contribution in [0.25, 0.3) is 0 Å². The predicted octanol–water partition coefficient (Wildman–Crippen LogP) is 0.334. The minimum Gasteiger partial charge on any atom is -0.351 e. The summed E-state index contributed by atoms with van der Waals surface area (Å²) in [6.07, 6.45) is 0. The van der Waals surface area contributed by atoms with Crippen LogP contribution in [-0.4, -0.2) is 48.9 Å². The van der Waals surface area contributed by atoms with Crippen LogP contribution in [0.4, 0.5) is 0 Å². The topological polar surface area (TPSA) is 87.5 Å². The number of nitrogens with one attached hydrogen (secondary N) is 2. The number of piperidine rings is 1. The fourth-order valence-corrected chi connectivity index (χ4v) is 3.42. The van der Waals surface area contributed by atoms with Gasteiger partial charge in [0.05, 0.1) is 13.1 Å². The van der Waals surface area contributed by atoms with E-state index in [0.29, 0.717) is 11.8 Å². The summed E-state index contributed by atoms with van der Waals surface area (Å²) >= 11 is 0. The second-order valence-electron chi connectivity index (χ2n) is 6.71. The summed E-state index contributed by atoms with van der Waals surface area (Å²) in [4.78, 5) is 25.6. The molecule has 0 bridgehead atoms. The Morgan fingerprint density at radius 2 is 1.75 bits per heavy atom. The Morgan fingerprint density at radius 3 is 2.33 bits per heavy atom. The van der Waals surface area contributed by atoms with E-state index in [2.05, 4.69) is 53.6 Å². The Labute approximate surface area is 143 Å². The average Bonchev–Trinajstić information content (AvgIpc) is 2.57. The molecule has 1 aliphatic heterocycles. The molecule has 4 N–H and O–H groups in total. The number of amides is 2. The van der Waals surface area contributed by atoms with Crippen LogP contribution in [-0.2, 0) is 16.1 Å². The summed E-state index contributed by atoms with van der Waals surface area (Å²) in [5.41, 5.74) is 6.53. The van der Waals surface area contributed by atoms with E-state index in [4.69, 9.17) is 5.73 Å². The molecule has 1 aromatic carbocycles. The lowest BCUT2D eigenvalue weighted by Gasteiger charge is -2.41. The molecule has 1 fully saturated rings. The highest BCUT2D eigenvalue weighted by molar-refractivity contribution is 5.85. The summed E-state index contributed by atoms with van der Waals surface area (Å²) in [6, 6.07) is 10.6. The van der Waals surface area contributed by atoms with Crippen LogP contribution in [0.15, 0.2) is 30.3 Å². The number of nitrogens with zero attached hydrogens (tertiary/aromatic N) is 1. The number of carbonyl (C=O) groups excluding carboxylic acids is 2. The van der Waals surface area contributed by atoms with Gasteiger partial charge in [-0.2, -0.15) is 0 Å². The van der Waals surface area contributed by atoms with Gasteiger partial charge in [0.2, 0.25) is 11.8 Å². The van der Waals surface area contributed by atoms with E-state index in [1.54, 1.807) is 0 Å². The van der Waals surface area contributed by atoms with Gasteiger partial charge in [0.15, 0.2) is 0 Å². The molecule has 0 aromatic heterocycles. The van der Waals surface area contributed by atoms with Crippen molar-refractivity contribution in [3.05, 3.63) is 35.9 Å². The molecule has 2 amide bonds. The summed E-state index contributed by atoms with van der Waals surface area (Å²) in [5, 5.41) is 5.57. The fraction of sp³-hybridized carbons (Fsp3) is 0.556. The van der Waals surface area contributed by atoms with Gasteiger partial charge in [-0.1, -0.05) is 44.2 Å². The Morgan fingerprint density at radius 1 is 1.12 bits per heavy atom. The van der Waals surface area contributed by atoms with E-state index < -0.39 is 0 Å². The van der Waals surface area contributed by atoms with Gasteiger partial charge in [0, 0.05) is 25.7 Å². The average molecular weight is 332 g/mol. The Hall–Kier alpha value is -1.92. The first kappa shape index (κ1) is 18.4. The van der Waals surface area contributed by atoms with Crippen molar-refractivity contribution in [1.29, 1.82) is 0 Å². The van der Waals surface area contributed by atoms with Gasteiger partial charge in [-0.05, 0) is 17.4 Å². The zero-order valence-electron chi connectivity index (χ0n) is 14.5. The smallest absolute Gasteiger partial charge is 0.239 e. The van der Waals surface area contributed by atoms with E-state index in [1.807, 2.05) is 6.07 Å². The number of benzene rings is 1. The van der Waals surface area contributed by atoms with Gasteiger partial charge >= 0.3 is 0 Å². The highest BCUT2D eigenvalue weighted by Gasteiger charge is 2.32. The molecule has 24 heavy (non-hydrogen) atoms. The molecule has 1 heterocycles. The molecule has 1 aliphatic rings.